The minimum atomic E-state index is -0.000272. The van der Waals surface area contributed by atoms with Crippen LogP contribution in [0.5, 0.6) is 0 Å². The number of hydrogen-bond acceptors (Lipinski definition) is 3. The van der Waals surface area contributed by atoms with Crippen LogP contribution < -0.4 is 10.6 Å². The molecule has 0 spiro atoms. The lowest BCUT2D eigenvalue weighted by molar-refractivity contribution is 0.0943. The SMILES string of the molecule is CC(C)NC(=O)c1cccc2c1NC(c1cccs1)C1CC=CC21. The summed E-state index contributed by atoms with van der Waals surface area (Å²) in [6.45, 7) is 3.98. The summed E-state index contributed by atoms with van der Waals surface area (Å²) < 4.78 is 0. The fraction of sp³-hybridized carbons (Fsp3) is 0.350. The number of benzene rings is 1. The third kappa shape index (κ3) is 2.55. The standard InChI is InChI=1S/C20H22N2OS/c1-12(2)21-20(23)16-9-4-7-14-13-6-3-8-15(13)19(22-18(14)16)17-10-5-11-24-17/h3-7,9-13,15,19,22H,8H2,1-2H3,(H,21,23). The van der Waals surface area contributed by atoms with E-state index in [1.807, 2.05) is 26.0 Å². The van der Waals surface area contributed by atoms with Gasteiger partial charge in [0.2, 0.25) is 0 Å². The number of carbonyl (C=O) groups excluding carboxylic acids is 1. The van der Waals surface area contributed by atoms with Crippen molar-refractivity contribution in [3.8, 4) is 0 Å². The number of amides is 1. The normalized spacial score (nSPS) is 24.4. The Kier molecular flexibility index (Phi) is 3.93. The van der Waals surface area contributed by atoms with Crippen LogP contribution in [0.15, 0.2) is 47.9 Å². The Morgan fingerprint density at radius 1 is 1.29 bits per heavy atom. The van der Waals surface area contributed by atoms with Crippen LogP contribution in [-0.2, 0) is 0 Å². The van der Waals surface area contributed by atoms with Crippen LogP contribution in [-0.4, -0.2) is 11.9 Å². The molecule has 0 fully saturated rings. The Labute approximate surface area is 146 Å². The summed E-state index contributed by atoms with van der Waals surface area (Å²) in [5.74, 6) is 0.916. The molecule has 1 aliphatic heterocycles. The van der Waals surface area contributed by atoms with Crippen LogP contribution in [0.25, 0.3) is 0 Å². The van der Waals surface area contributed by atoms with E-state index in [2.05, 4.69) is 46.4 Å². The molecule has 1 amide bonds. The summed E-state index contributed by atoms with van der Waals surface area (Å²) in [6.07, 6.45) is 5.69. The minimum absolute atomic E-state index is 0.000272. The van der Waals surface area contributed by atoms with Gasteiger partial charge >= 0.3 is 0 Å². The van der Waals surface area contributed by atoms with Gasteiger partial charge in [-0.05, 0) is 49.3 Å². The van der Waals surface area contributed by atoms with Crippen molar-refractivity contribution in [2.45, 2.75) is 38.3 Å². The second-order valence-corrected chi connectivity index (χ2v) is 7.87. The van der Waals surface area contributed by atoms with Crippen molar-refractivity contribution in [3.63, 3.8) is 0 Å². The number of anilines is 1. The Morgan fingerprint density at radius 3 is 2.92 bits per heavy atom. The predicted molar refractivity (Wildman–Crippen MR) is 99.7 cm³/mol. The lowest BCUT2D eigenvalue weighted by Gasteiger charge is -2.37. The number of para-hydroxylation sites is 1. The third-order valence-electron chi connectivity index (χ3n) is 4.91. The van der Waals surface area contributed by atoms with Crippen molar-refractivity contribution in [1.29, 1.82) is 0 Å². The molecule has 2 N–H and O–H groups in total. The van der Waals surface area contributed by atoms with Crippen LogP contribution in [0.1, 0.15) is 53.0 Å². The van der Waals surface area contributed by atoms with Gasteiger partial charge in [-0.1, -0.05) is 30.4 Å². The molecule has 2 heterocycles. The summed E-state index contributed by atoms with van der Waals surface area (Å²) in [5, 5.41) is 8.85. The first-order valence-corrected chi connectivity index (χ1v) is 9.43. The third-order valence-corrected chi connectivity index (χ3v) is 5.87. The molecule has 124 valence electrons. The highest BCUT2D eigenvalue weighted by Crippen LogP contribution is 2.51. The van der Waals surface area contributed by atoms with Gasteiger partial charge in [-0.3, -0.25) is 4.79 Å². The number of hydrogen-bond donors (Lipinski definition) is 2. The Balaban J connectivity index is 1.78. The van der Waals surface area contributed by atoms with Crippen molar-refractivity contribution >= 4 is 22.9 Å². The van der Waals surface area contributed by atoms with Gasteiger partial charge in [0.1, 0.15) is 0 Å². The van der Waals surface area contributed by atoms with E-state index in [-0.39, 0.29) is 18.0 Å². The highest BCUT2D eigenvalue weighted by molar-refractivity contribution is 7.10. The van der Waals surface area contributed by atoms with Crippen molar-refractivity contribution in [2.75, 3.05) is 5.32 Å². The van der Waals surface area contributed by atoms with E-state index in [4.69, 9.17) is 0 Å². The maximum Gasteiger partial charge on any atom is 0.253 e. The Hall–Kier alpha value is -2.07. The molecule has 4 rings (SSSR count). The topological polar surface area (TPSA) is 41.1 Å². The van der Waals surface area contributed by atoms with Crippen molar-refractivity contribution < 1.29 is 4.79 Å². The smallest absolute Gasteiger partial charge is 0.253 e. The summed E-state index contributed by atoms with van der Waals surface area (Å²) >= 11 is 1.79. The van der Waals surface area contributed by atoms with Gasteiger partial charge < -0.3 is 10.6 Å². The van der Waals surface area contributed by atoms with Crippen LogP contribution >= 0.6 is 11.3 Å². The largest absolute Gasteiger partial charge is 0.376 e. The Bertz CT molecular complexity index is 779. The molecule has 2 aromatic rings. The number of rotatable bonds is 3. The fourth-order valence-corrected chi connectivity index (χ4v) is 4.75. The number of nitrogens with one attached hydrogen (secondary N) is 2. The van der Waals surface area contributed by atoms with Crippen LogP contribution in [0.4, 0.5) is 5.69 Å². The number of fused-ring (bicyclic) bond motifs is 3. The van der Waals surface area contributed by atoms with E-state index in [0.717, 1.165) is 17.7 Å². The molecule has 3 nitrogen and oxygen atoms in total. The summed E-state index contributed by atoms with van der Waals surface area (Å²) in [7, 11) is 0. The molecule has 0 saturated carbocycles. The molecule has 0 radical (unpaired) electrons. The first-order valence-electron chi connectivity index (χ1n) is 8.55. The Morgan fingerprint density at radius 2 is 2.17 bits per heavy atom. The zero-order valence-electron chi connectivity index (χ0n) is 14.0. The van der Waals surface area contributed by atoms with Crippen LogP contribution in [0, 0.1) is 5.92 Å². The zero-order valence-corrected chi connectivity index (χ0v) is 14.8. The first-order chi connectivity index (χ1) is 11.6. The highest BCUT2D eigenvalue weighted by atomic mass is 32.1. The minimum Gasteiger partial charge on any atom is -0.376 e. The van der Waals surface area contributed by atoms with Gasteiger partial charge in [-0.25, -0.2) is 0 Å². The maximum absolute atomic E-state index is 12.6. The molecule has 1 aliphatic carbocycles. The van der Waals surface area contributed by atoms with E-state index in [1.165, 1.54) is 10.4 Å². The molecule has 1 aromatic carbocycles. The van der Waals surface area contributed by atoms with E-state index < -0.39 is 0 Å². The van der Waals surface area contributed by atoms with E-state index in [9.17, 15) is 4.79 Å². The predicted octanol–water partition coefficient (Wildman–Crippen LogP) is 4.71. The molecular formula is C20H22N2OS. The highest BCUT2D eigenvalue weighted by Gasteiger charge is 2.39. The molecule has 1 aromatic heterocycles. The molecule has 3 atom stereocenters. The zero-order chi connectivity index (χ0) is 16.7. The van der Waals surface area contributed by atoms with Gasteiger partial charge in [-0.2, -0.15) is 0 Å². The van der Waals surface area contributed by atoms with Crippen LogP contribution in [0.2, 0.25) is 0 Å². The maximum atomic E-state index is 12.6. The van der Waals surface area contributed by atoms with Crippen molar-refractivity contribution in [3.05, 3.63) is 63.9 Å². The van der Waals surface area contributed by atoms with Gasteiger partial charge in [0.05, 0.1) is 17.3 Å². The molecule has 0 saturated heterocycles. The average molecular weight is 338 g/mol. The molecular weight excluding hydrogens is 316 g/mol. The lowest BCUT2D eigenvalue weighted by atomic mass is 9.78. The lowest BCUT2D eigenvalue weighted by Crippen LogP contribution is -2.34. The monoisotopic (exact) mass is 338 g/mol. The quantitative estimate of drug-likeness (QED) is 0.796. The molecule has 4 heteroatoms. The molecule has 2 aliphatic rings. The molecule has 24 heavy (non-hydrogen) atoms. The van der Waals surface area contributed by atoms with Gasteiger partial charge in [0, 0.05) is 16.8 Å². The number of carbonyl (C=O) groups is 1. The average Bonchev–Trinajstić information content (AvgIpc) is 3.24. The first kappa shape index (κ1) is 15.5. The van der Waals surface area contributed by atoms with E-state index >= 15 is 0 Å². The van der Waals surface area contributed by atoms with Gasteiger partial charge in [-0.15, -0.1) is 11.3 Å². The second kappa shape index (κ2) is 6.10. The second-order valence-electron chi connectivity index (χ2n) is 6.89. The van der Waals surface area contributed by atoms with E-state index in [1.54, 1.807) is 11.3 Å². The summed E-state index contributed by atoms with van der Waals surface area (Å²) in [6, 6.07) is 10.8. The van der Waals surface area contributed by atoms with Gasteiger partial charge in [0.25, 0.3) is 5.91 Å². The number of allylic oxidation sites excluding steroid dienone is 2. The fourth-order valence-electron chi connectivity index (χ4n) is 3.90. The molecule has 0 bridgehead atoms. The van der Waals surface area contributed by atoms with Crippen LogP contribution in [0.3, 0.4) is 0 Å². The van der Waals surface area contributed by atoms with Crippen molar-refractivity contribution in [1.82, 2.24) is 5.32 Å². The molecule has 3 unspecified atom stereocenters. The van der Waals surface area contributed by atoms with Gasteiger partial charge in [0.15, 0.2) is 0 Å². The number of thiophene rings is 1. The van der Waals surface area contributed by atoms with Crippen molar-refractivity contribution in [2.24, 2.45) is 5.92 Å². The summed E-state index contributed by atoms with van der Waals surface area (Å²) in [4.78, 5) is 14.0. The summed E-state index contributed by atoms with van der Waals surface area (Å²) in [5.41, 5.74) is 3.00. The van der Waals surface area contributed by atoms with E-state index in [0.29, 0.717) is 11.8 Å².